The van der Waals surface area contributed by atoms with Crippen LogP contribution in [0.5, 0.6) is 0 Å². The van der Waals surface area contributed by atoms with Crippen molar-refractivity contribution < 1.29 is 0 Å². The minimum absolute atomic E-state index is 0.669. The van der Waals surface area contributed by atoms with Gasteiger partial charge in [0.2, 0.25) is 0 Å². The van der Waals surface area contributed by atoms with E-state index in [1.165, 1.54) is 5.56 Å². The topological polar surface area (TPSA) is 24.7 Å². The maximum absolute atomic E-state index is 6.43. The third-order valence-corrected chi connectivity index (χ3v) is 3.46. The summed E-state index contributed by atoms with van der Waals surface area (Å²) in [6.45, 7) is 3.92. The molecular formula is C17H19ClN2. The van der Waals surface area contributed by atoms with Gasteiger partial charge in [0.05, 0.1) is 5.69 Å². The summed E-state index contributed by atoms with van der Waals surface area (Å²) in [6.07, 6.45) is 1.65. The van der Waals surface area contributed by atoms with Gasteiger partial charge in [-0.3, -0.25) is 0 Å². The Hall–Kier alpha value is -1.67. The molecule has 0 bridgehead atoms. The van der Waals surface area contributed by atoms with Gasteiger partial charge in [-0.05, 0) is 43.9 Å². The van der Waals surface area contributed by atoms with Gasteiger partial charge < -0.3 is 0 Å². The lowest BCUT2D eigenvalue weighted by atomic mass is 10.1. The fourth-order valence-electron chi connectivity index (χ4n) is 1.90. The number of hydrogen-bond acceptors (Lipinski definition) is 2. The Kier molecular flexibility index (Phi) is 4.91. The highest BCUT2D eigenvalue weighted by Crippen LogP contribution is 2.27. The monoisotopic (exact) mass is 286 g/mol. The molecule has 1 unspecified atom stereocenters. The summed E-state index contributed by atoms with van der Waals surface area (Å²) in [5, 5.41) is 8.58. The van der Waals surface area contributed by atoms with Gasteiger partial charge in [-0.25, -0.2) is 0 Å². The highest BCUT2D eigenvalue weighted by Gasteiger charge is 2.19. The Morgan fingerprint density at radius 3 is 2.35 bits per heavy atom. The predicted octanol–water partition coefficient (Wildman–Crippen LogP) is 5.67. The van der Waals surface area contributed by atoms with Crippen LogP contribution in [0.25, 0.3) is 0 Å². The van der Waals surface area contributed by atoms with Crippen LogP contribution >= 0.6 is 11.6 Å². The first-order valence-corrected chi connectivity index (χ1v) is 7.16. The second kappa shape index (κ2) is 6.67. The normalized spacial score (nSPS) is 14.3. The van der Waals surface area contributed by atoms with Crippen molar-refractivity contribution in [2.24, 2.45) is 10.2 Å². The molecule has 2 aromatic rings. The average molecular weight is 287 g/mol. The SMILES string of the molecule is Cc1ccccc1N=NC(C)(Cl)CCc1ccccc1. The van der Waals surface area contributed by atoms with Crippen LogP contribution in [-0.4, -0.2) is 5.00 Å². The molecular weight excluding hydrogens is 268 g/mol. The summed E-state index contributed by atoms with van der Waals surface area (Å²) < 4.78 is 0. The summed E-state index contributed by atoms with van der Waals surface area (Å²) in [6, 6.07) is 18.2. The number of benzene rings is 2. The van der Waals surface area contributed by atoms with Crippen LogP contribution in [0.2, 0.25) is 0 Å². The molecule has 0 amide bonds. The van der Waals surface area contributed by atoms with Gasteiger partial charge in [-0.1, -0.05) is 60.1 Å². The van der Waals surface area contributed by atoms with E-state index >= 15 is 0 Å². The number of halogens is 1. The van der Waals surface area contributed by atoms with Gasteiger partial charge in [0.15, 0.2) is 5.00 Å². The Labute approximate surface area is 125 Å². The molecule has 0 aliphatic rings. The highest BCUT2D eigenvalue weighted by molar-refractivity contribution is 6.23. The molecule has 1 atom stereocenters. The van der Waals surface area contributed by atoms with Gasteiger partial charge in [0.1, 0.15) is 0 Å². The van der Waals surface area contributed by atoms with Crippen molar-refractivity contribution >= 4 is 17.3 Å². The molecule has 104 valence electrons. The van der Waals surface area contributed by atoms with E-state index in [0.29, 0.717) is 0 Å². The molecule has 0 fully saturated rings. The molecule has 0 heterocycles. The lowest BCUT2D eigenvalue weighted by Gasteiger charge is -2.15. The van der Waals surface area contributed by atoms with E-state index in [0.717, 1.165) is 24.1 Å². The Morgan fingerprint density at radius 1 is 1.00 bits per heavy atom. The summed E-state index contributed by atoms with van der Waals surface area (Å²) in [4.78, 5) is -0.669. The van der Waals surface area contributed by atoms with Crippen molar-refractivity contribution in [2.45, 2.75) is 31.7 Å². The molecule has 3 heteroatoms. The fraction of sp³-hybridized carbons (Fsp3) is 0.294. The number of aryl methyl sites for hydroxylation is 2. The zero-order valence-corrected chi connectivity index (χ0v) is 12.6. The molecule has 0 aromatic heterocycles. The lowest BCUT2D eigenvalue weighted by molar-refractivity contribution is 0.575. The van der Waals surface area contributed by atoms with Crippen molar-refractivity contribution in [1.29, 1.82) is 0 Å². The van der Waals surface area contributed by atoms with E-state index in [2.05, 4.69) is 22.4 Å². The van der Waals surface area contributed by atoms with E-state index in [9.17, 15) is 0 Å². The van der Waals surface area contributed by atoms with Gasteiger partial charge >= 0.3 is 0 Å². The smallest absolute Gasteiger partial charge is 0.152 e. The maximum atomic E-state index is 6.43. The third kappa shape index (κ3) is 4.46. The first-order valence-electron chi connectivity index (χ1n) is 6.78. The van der Waals surface area contributed by atoms with E-state index in [4.69, 9.17) is 11.6 Å². The minimum Gasteiger partial charge on any atom is -0.166 e. The molecule has 0 aliphatic carbocycles. The number of hydrogen-bond donors (Lipinski definition) is 0. The Morgan fingerprint density at radius 2 is 1.65 bits per heavy atom. The van der Waals surface area contributed by atoms with Gasteiger partial charge in [-0.2, -0.15) is 10.2 Å². The van der Waals surface area contributed by atoms with Gasteiger partial charge in [0, 0.05) is 0 Å². The molecule has 0 N–H and O–H groups in total. The van der Waals surface area contributed by atoms with Crippen LogP contribution in [-0.2, 0) is 6.42 Å². The standard InChI is InChI=1S/C17H19ClN2/c1-14-8-6-7-11-16(14)19-20-17(2,18)13-12-15-9-4-3-5-10-15/h3-11H,12-13H2,1-2H3. The number of alkyl halides is 1. The summed E-state index contributed by atoms with van der Waals surface area (Å²) in [7, 11) is 0. The molecule has 2 nitrogen and oxygen atoms in total. The quantitative estimate of drug-likeness (QED) is 0.384. The van der Waals surface area contributed by atoms with Crippen LogP contribution in [0.15, 0.2) is 64.8 Å². The first kappa shape index (κ1) is 14.7. The molecule has 2 aromatic carbocycles. The molecule has 0 radical (unpaired) electrons. The second-order valence-corrected chi connectivity index (χ2v) is 5.93. The zero-order valence-electron chi connectivity index (χ0n) is 11.9. The Balaban J connectivity index is 1.99. The van der Waals surface area contributed by atoms with Crippen LogP contribution in [0, 0.1) is 6.92 Å². The van der Waals surface area contributed by atoms with Crippen molar-refractivity contribution in [3.8, 4) is 0 Å². The minimum atomic E-state index is -0.669. The molecule has 20 heavy (non-hydrogen) atoms. The maximum Gasteiger partial charge on any atom is 0.152 e. The van der Waals surface area contributed by atoms with Crippen molar-refractivity contribution in [1.82, 2.24) is 0 Å². The Bertz CT molecular complexity index is 577. The summed E-state index contributed by atoms with van der Waals surface area (Å²) in [5.74, 6) is 0. The third-order valence-electron chi connectivity index (χ3n) is 3.19. The van der Waals surface area contributed by atoms with Crippen molar-refractivity contribution in [2.75, 3.05) is 0 Å². The van der Waals surface area contributed by atoms with Gasteiger partial charge in [-0.15, -0.1) is 0 Å². The summed E-state index contributed by atoms with van der Waals surface area (Å²) in [5.41, 5.74) is 3.25. The van der Waals surface area contributed by atoms with Crippen molar-refractivity contribution in [3.63, 3.8) is 0 Å². The van der Waals surface area contributed by atoms with Crippen LogP contribution < -0.4 is 0 Å². The van der Waals surface area contributed by atoms with E-state index in [1.807, 2.05) is 56.3 Å². The zero-order chi connectivity index (χ0) is 14.4. The van der Waals surface area contributed by atoms with Crippen LogP contribution in [0.3, 0.4) is 0 Å². The number of azo groups is 1. The molecule has 0 spiro atoms. The molecule has 0 aliphatic heterocycles. The van der Waals surface area contributed by atoms with E-state index < -0.39 is 5.00 Å². The summed E-state index contributed by atoms with van der Waals surface area (Å²) >= 11 is 6.43. The highest BCUT2D eigenvalue weighted by atomic mass is 35.5. The molecule has 0 saturated carbocycles. The first-order chi connectivity index (χ1) is 9.57. The largest absolute Gasteiger partial charge is 0.166 e. The van der Waals surface area contributed by atoms with Crippen LogP contribution in [0.1, 0.15) is 24.5 Å². The fourth-order valence-corrected chi connectivity index (χ4v) is 2.03. The molecule has 2 rings (SSSR count). The van der Waals surface area contributed by atoms with E-state index in [1.54, 1.807) is 0 Å². The van der Waals surface area contributed by atoms with Crippen LogP contribution in [0.4, 0.5) is 5.69 Å². The predicted molar refractivity (Wildman–Crippen MR) is 84.7 cm³/mol. The number of rotatable bonds is 5. The van der Waals surface area contributed by atoms with Gasteiger partial charge in [0.25, 0.3) is 0 Å². The second-order valence-electron chi connectivity index (χ2n) is 5.11. The molecule has 0 saturated heterocycles. The van der Waals surface area contributed by atoms with Crippen molar-refractivity contribution in [3.05, 3.63) is 65.7 Å². The average Bonchev–Trinajstić information content (AvgIpc) is 2.46. The van der Waals surface area contributed by atoms with E-state index in [-0.39, 0.29) is 0 Å². The lowest BCUT2D eigenvalue weighted by Crippen LogP contribution is -2.13. The number of nitrogens with zero attached hydrogens (tertiary/aromatic N) is 2.